The van der Waals surface area contributed by atoms with Crippen LogP contribution in [0.3, 0.4) is 0 Å². The van der Waals surface area contributed by atoms with Crippen molar-refractivity contribution in [3.8, 4) is 0 Å². The summed E-state index contributed by atoms with van der Waals surface area (Å²) >= 11 is 11.9. The maximum atomic E-state index is 13.5. The fraction of sp³-hybridized carbons (Fsp3) is 0.214. The van der Waals surface area contributed by atoms with E-state index in [0.29, 0.717) is 40.0 Å². The highest BCUT2D eigenvalue weighted by Gasteiger charge is 2.44. The number of benzene rings is 3. The molecule has 1 atom stereocenters. The number of carbonyl (C=O) groups is 3. The molecule has 3 aromatic carbocycles. The molecule has 190 valence electrons. The van der Waals surface area contributed by atoms with Crippen LogP contribution in [0.4, 0.5) is 11.4 Å². The quantitative estimate of drug-likeness (QED) is 0.304. The molecule has 0 radical (unpaired) electrons. The zero-order valence-electron chi connectivity index (χ0n) is 20.2. The third-order valence-corrected chi connectivity index (χ3v) is 6.58. The molecule has 1 heterocycles. The van der Waals surface area contributed by atoms with Crippen molar-refractivity contribution in [3.63, 3.8) is 0 Å². The first-order chi connectivity index (χ1) is 17.9. The summed E-state index contributed by atoms with van der Waals surface area (Å²) in [5, 5.41) is 3.62. The topological polar surface area (TPSA) is 78.9 Å². The summed E-state index contributed by atoms with van der Waals surface area (Å²) in [5.41, 5.74) is 2.56. The van der Waals surface area contributed by atoms with Crippen molar-refractivity contribution in [1.82, 2.24) is 4.90 Å². The van der Waals surface area contributed by atoms with Gasteiger partial charge in [-0.25, -0.2) is 4.79 Å². The van der Waals surface area contributed by atoms with Gasteiger partial charge < -0.3 is 15.0 Å². The average molecular weight is 536 g/mol. The minimum Gasteiger partial charge on any atom is -0.462 e. The van der Waals surface area contributed by atoms with E-state index in [1.54, 1.807) is 60.4 Å². The normalized spacial score (nSPS) is 15.1. The number of nitrogens with one attached hydrogen (secondary N) is 1. The molecule has 0 bridgehead atoms. The molecule has 0 unspecified atom stereocenters. The molecular formula is C28H26ClN3O4S. The van der Waals surface area contributed by atoms with E-state index in [1.165, 1.54) is 4.90 Å². The Labute approximate surface area is 226 Å². The lowest BCUT2D eigenvalue weighted by Gasteiger charge is -2.24. The molecule has 0 aromatic heterocycles. The lowest BCUT2D eigenvalue weighted by Crippen LogP contribution is -2.39. The number of hydrogen-bond acceptors (Lipinski definition) is 5. The lowest BCUT2D eigenvalue weighted by molar-refractivity contribution is -0.124. The molecule has 1 aliphatic rings. The molecule has 4 rings (SSSR count). The molecule has 0 spiro atoms. The molecular weight excluding hydrogens is 510 g/mol. The molecule has 1 aliphatic heterocycles. The molecule has 7 nitrogen and oxygen atoms in total. The third-order valence-electron chi connectivity index (χ3n) is 5.93. The molecule has 1 saturated heterocycles. The van der Waals surface area contributed by atoms with Gasteiger partial charge in [0, 0.05) is 17.3 Å². The molecule has 0 aliphatic carbocycles. The van der Waals surface area contributed by atoms with Gasteiger partial charge >= 0.3 is 5.97 Å². The van der Waals surface area contributed by atoms with Gasteiger partial charge in [0.05, 0.1) is 24.3 Å². The van der Waals surface area contributed by atoms with Gasteiger partial charge in [-0.1, -0.05) is 48.0 Å². The Kier molecular flexibility index (Phi) is 8.53. The average Bonchev–Trinajstić information content (AvgIpc) is 3.12. The highest BCUT2D eigenvalue weighted by molar-refractivity contribution is 7.80. The van der Waals surface area contributed by atoms with Crippen molar-refractivity contribution in [2.75, 3.05) is 23.4 Å². The van der Waals surface area contributed by atoms with E-state index in [9.17, 15) is 14.4 Å². The summed E-state index contributed by atoms with van der Waals surface area (Å²) in [7, 11) is 0. The van der Waals surface area contributed by atoms with E-state index in [4.69, 9.17) is 28.6 Å². The summed E-state index contributed by atoms with van der Waals surface area (Å²) in [6.07, 6.45) is 0.565. The summed E-state index contributed by atoms with van der Waals surface area (Å²) in [6, 6.07) is 22.4. The van der Waals surface area contributed by atoms with Gasteiger partial charge in [0.15, 0.2) is 5.11 Å². The van der Waals surface area contributed by atoms with Gasteiger partial charge in [0.2, 0.25) is 5.91 Å². The predicted octanol–water partition coefficient (Wildman–Crippen LogP) is 5.09. The van der Waals surface area contributed by atoms with Crippen molar-refractivity contribution in [2.45, 2.75) is 25.8 Å². The first-order valence-electron chi connectivity index (χ1n) is 11.9. The van der Waals surface area contributed by atoms with E-state index in [-0.39, 0.29) is 24.8 Å². The summed E-state index contributed by atoms with van der Waals surface area (Å²) in [6.45, 7) is 2.48. The Hall–Kier alpha value is -3.75. The Morgan fingerprint density at radius 3 is 2.43 bits per heavy atom. The summed E-state index contributed by atoms with van der Waals surface area (Å²) < 4.78 is 4.99. The Balaban J connectivity index is 1.51. The number of carbonyl (C=O) groups excluding carboxylic acids is 3. The molecule has 37 heavy (non-hydrogen) atoms. The number of nitrogens with zero attached hydrogens (tertiary/aromatic N) is 2. The maximum Gasteiger partial charge on any atom is 0.338 e. The van der Waals surface area contributed by atoms with Crippen LogP contribution >= 0.6 is 23.8 Å². The largest absolute Gasteiger partial charge is 0.462 e. The van der Waals surface area contributed by atoms with Crippen LogP contribution in [0.25, 0.3) is 0 Å². The van der Waals surface area contributed by atoms with Crippen LogP contribution in [-0.4, -0.2) is 47.0 Å². The number of anilines is 2. The van der Waals surface area contributed by atoms with E-state index < -0.39 is 12.0 Å². The van der Waals surface area contributed by atoms with Gasteiger partial charge in [0.1, 0.15) is 6.04 Å². The molecule has 1 fully saturated rings. The van der Waals surface area contributed by atoms with Crippen LogP contribution in [0, 0.1) is 0 Å². The molecule has 3 aromatic rings. The second kappa shape index (κ2) is 12.0. The minimum atomic E-state index is -0.769. The van der Waals surface area contributed by atoms with Crippen LogP contribution in [0.5, 0.6) is 0 Å². The summed E-state index contributed by atoms with van der Waals surface area (Å²) in [4.78, 5) is 41.6. The van der Waals surface area contributed by atoms with Crippen molar-refractivity contribution >= 4 is 58.1 Å². The fourth-order valence-electron chi connectivity index (χ4n) is 4.13. The first-order valence-corrected chi connectivity index (χ1v) is 12.7. The Morgan fingerprint density at radius 1 is 1.03 bits per heavy atom. The molecule has 0 saturated carbocycles. The van der Waals surface area contributed by atoms with Gasteiger partial charge in [-0.15, -0.1) is 0 Å². The van der Waals surface area contributed by atoms with Gasteiger partial charge in [-0.3, -0.25) is 14.5 Å². The van der Waals surface area contributed by atoms with Crippen molar-refractivity contribution in [2.24, 2.45) is 0 Å². The number of halogens is 1. The number of ether oxygens (including phenoxy) is 1. The van der Waals surface area contributed by atoms with Crippen LogP contribution in [0.1, 0.15) is 29.3 Å². The van der Waals surface area contributed by atoms with Crippen molar-refractivity contribution in [1.29, 1.82) is 0 Å². The Bertz CT molecular complexity index is 1300. The van der Waals surface area contributed by atoms with E-state index in [1.807, 2.05) is 30.3 Å². The number of esters is 1. The second-order valence-corrected chi connectivity index (χ2v) is 9.23. The van der Waals surface area contributed by atoms with Crippen LogP contribution in [0.2, 0.25) is 5.02 Å². The number of rotatable bonds is 9. The van der Waals surface area contributed by atoms with Gasteiger partial charge in [0.25, 0.3) is 5.91 Å². The van der Waals surface area contributed by atoms with Crippen molar-refractivity contribution in [3.05, 3.63) is 95.0 Å². The third kappa shape index (κ3) is 6.34. The monoisotopic (exact) mass is 535 g/mol. The van der Waals surface area contributed by atoms with E-state index in [0.717, 1.165) is 5.56 Å². The first kappa shape index (κ1) is 26.3. The van der Waals surface area contributed by atoms with Gasteiger partial charge in [-0.2, -0.15) is 0 Å². The van der Waals surface area contributed by atoms with Crippen molar-refractivity contribution < 1.29 is 19.1 Å². The number of amides is 2. The molecule has 2 amide bonds. The van der Waals surface area contributed by atoms with Gasteiger partial charge in [-0.05, 0) is 73.6 Å². The standard InChI is InChI=1S/C28H26ClN3O4S/c1-2-36-27(35)20-11-13-22(14-12-20)30-25(33)18-24-26(34)32(23-10-6-9-21(29)17-23)28(37)31(24)16-15-19-7-4-3-5-8-19/h3-14,17,24H,2,15-16,18H2,1H3,(H,30,33)/t24-/m0/s1. The zero-order valence-corrected chi connectivity index (χ0v) is 21.8. The number of thiocarbonyl (C=S) groups is 1. The van der Waals surface area contributed by atoms with E-state index >= 15 is 0 Å². The fourth-order valence-corrected chi connectivity index (χ4v) is 4.72. The highest BCUT2D eigenvalue weighted by atomic mass is 35.5. The SMILES string of the molecule is CCOC(=O)c1ccc(NC(=O)C[C@H]2C(=O)N(c3cccc(Cl)c3)C(=S)N2CCc2ccccc2)cc1. The number of hydrogen-bond donors (Lipinski definition) is 1. The highest BCUT2D eigenvalue weighted by Crippen LogP contribution is 2.29. The molecule has 9 heteroatoms. The predicted molar refractivity (Wildman–Crippen MR) is 148 cm³/mol. The minimum absolute atomic E-state index is 0.0928. The van der Waals surface area contributed by atoms with Crippen LogP contribution in [0.15, 0.2) is 78.9 Å². The van der Waals surface area contributed by atoms with Crippen LogP contribution < -0.4 is 10.2 Å². The lowest BCUT2D eigenvalue weighted by atomic mass is 10.1. The van der Waals surface area contributed by atoms with Crippen LogP contribution in [-0.2, 0) is 20.7 Å². The van der Waals surface area contributed by atoms with E-state index in [2.05, 4.69) is 5.32 Å². The summed E-state index contributed by atoms with van der Waals surface area (Å²) in [5.74, 6) is -1.06. The second-order valence-electron chi connectivity index (χ2n) is 8.43. The maximum absolute atomic E-state index is 13.5. The smallest absolute Gasteiger partial charge is 0.338 e. The molecule has 1 N–H and O–H groups in total. The zero-order chi connectivity index (χ0) is 26.4. The Morgan fingerprint density at radius 2 is 1.76 bits per heavy atom.